The van der Waals surface area contributed by atoms with Crippen LogP contribution in [0.15, 0.2) is 53.6 Å². The van der Waals surface area contributed by atoms with Crippen LogP contribution in [0.25, 0.3) is 0 Å². The standard InChI is InChI=1S/C14H14FNOS/c15-11-4-3-6-14(8-11)18-10-13(17)9-12-5-1-2-7-16-12/h1-8,13,17H,9-10H2. The second-order valence-corrected chi connectivity index (χ2v) is 5.04. The van der Waals surface area contributed by atoms with Crippen molar-refractivity contribution in [2.75, 3.05) is 5.75 Å². The van der Waals surface area contributed by atoms with E-state index >= 15 is 0 Å². The van der Waals surface area contributed by atoms with Gasteiger partial charge < -0.3 is 5.11 Å². The molecule has 18 heavy (non-hydrogen) atoms. The first-order valence-electron chi connectivity index (χ1n) is 5.70. The minimum absolute atomic E-state index is 0.251. The van der Waals surface area contributed by atoms with Gasteiger partial charge in [0.05, 0.1) is 6.10 Å². The van der Waals surface area contributed by atoms with Crippen molar-refractivity contribution in [3.05, 3.63) is 60.2 Å². The molecule has 0 spiro atoms. The van der Waals surface area contributed by atoms with Crippen molar-refractivity contribution in [2.45, 2.75) is 17.4 Å². The summed E-state index contributed by atoms with van der Waals surface area (Å²) >= 11 is 1.44. The Balaban J connectivity index is 1.83. The number of hydrogen-bond acceptors (Lipinski definition) is 3. The van der Waals surface area contributed by atoms with E-state index in [0.717, 1.165) is 10.6 Å². The summed E-state index contributed by atoms with van der Waals surface area (Å²) in [5.41, 5.74) is 0.866. The number of hydrogen-bond donors (Lipinski definition) is 1. The molecule has 1 N–H and O–H groups in total. The van der Waals surface area contributed by atoms with E-state index in [2.05, 4.69) is 4.98 Å². The molecule has 0 radical (unpaired) electrons. The molecule has 0 aliphatic carbocycles. The second kappa shape index (κ2) is 6.52. The van der Waals surface area contributed by atoms with E-state index in [1.165, 1.54) is 23.9 Å². The predicted octanol–water partition coefficient (Wildman–Crippen LogP) is 2.92. The average Bonchev–Trinajstić information content (AvgIpc) is 2.38. The fourth-order valence-corrected chi connectivity index (χ4v) is 2.44. The van der Waals surface area contributed by atoms with Gasteiger partial charge in [0.1, 0.15) is 5.82 Å². The van der Waals surface area contributed by atoms with E-state index in [1.807, 2.05) is 24.3 Å². The van der Waals surface area contributed by atoms with Gasteiger partial charge in [0.25, 0.3) is 0 Å². The Morgan fingerprint density at radius 2 is 2.11 bits per heavy atom. The van der Waals surface area contributed by atoms with Crippen molar-refractivity contribution in [1.29, 1.82) is 0 Å². The fraction of sp³-hybridized carbons (Fsp3) is 0.214. The van der Waals surface area contributed by atoms with Crippen LogP contribution in [0.2, 0.25) is 0 Å². The molecule has 0 saturated heterocycles. The minimum atomic E-state index is -0.479. The lowest BCUT2D eigenvalue weighted by Crippen LogP contribution is -2.14. The van der Waals surface area contributed by atoms with Gasteiger partial charge in [-0.15, -0.1) is 11.8 Å². The van der Waals surface area contributed by atoms with Crippen LogP contribution >= 0.6 is 11.8 Å². The molecule has 0 saturated carbocycles. The van der Waals surface area contributed by atoms with Crippen LogP contribution in [-0.2, 0) is 6.42 Å². The van der Waals surface area contributed by atoms with Crippen LogP contribution in [0, 0.1) is 5.82 Å². The molecule has 0 bridgehead atoms. The SMILES string of the molecule is OC(CSc1cccc(F)c1)Cc1ccccn1. The Kier molecular flexibility index (Phi) is 4.73. The molecule has 0 amide bonds. The molecular weight excluding hydrogens is 249 g/mol. The third kappa shape index (κ3) is 4.13. The summed E-state index contributed by atoms with van der Waals surface area (Å²) in [6, 6.07) is 12.0. The summed E-state index contributed by atoms with van der Waals surface area (Å²) in [5.74, 6) is 0.277. The lowest BCUT2D eigenvalue weighted by Gasteiger charge is -2.09. The monoisotopic (exact) mass is 263 g/mol. The number of pyridine rings is 1. The molecule has 1 heterocycles. The Morgan fingerprint density at radius 3 is 2.83 bits per heavy atom. The van der Waals surface area contributed by atoms with Crippen LogP contribution < -0.4 is 0 Å². The molecule has 1 atom stereocenters. The maximum atomic E-state index is 13.0. The maximum Gasteiger partial charge on any atom is 0.124 e. The van der Waals surface area contributed by atoms with E-state index in [4.69, 9.17) is 0 Å². The molecular formula is C14H14FNOS. The Hall–Kier alpha value is -1.39. The molecule has 1 aromatic heterocycles. The summed E-state index contributed by atoms with van der Waals surface area (Å²) < 4.78 is 13.0. The number of rotatable bonds is 5. The third-order valence-corrected chi connectivity index (χ3v) is 3.55. The highest BCUT2D eigenvalue weighted by Gasteiger charge is 2.07. The molecule has 2 rings (SSSR count). The number of halogens is 1. The highest BCUT2D eigenvalue weighted by Crippen LogP contribution is 2.20. The van der Waals surface area contributed by atoms with Gasteiger partial charge in [-0.25, -0.2) is 4.39 Å². The lowest BCUT2D eigenvalue weighted by atomic mass is 10.2. The van der Waals surface area contributed by atoms with Gasteiger partial charge in [-0.05, 0) is 30.3 Å². The van der Waals surface area contributed by atoms with Crippen molar-refractivity contribution in [1.82, 2.24) is 4.98 Å². The summed E-state index contributed by atoms with van der Waals surface area (Å²) in [7, 11) is 0. The molecule has 1 aromatic carbocycles. The van der Waals surface area contributed by atoms with Crippen molar-refractivity contribution in [3.63, 3.8) is 0 Å². The predicted molar refractivity (Wildman–Crippen MR) is 71.1 cm³/mol. The van der Waals surface area contributed by atoms with E-state index < -0.39 is 6.10 Å². The zero-order valence-corrected chi connectivity index (χ0v) is 10.6. The zero-order valence-electron chi connectivity index (χ0n) is 9.79. The first-order valence-corrected chi connectivity index (χ1v) is 6.69. The lowest BCUT2D eigenvalue weighted by molar-refractivity contribution is 0.199. The number of aliphatic hydroxyl groups excluding tert-OH is 1. The fourth-order valence-electron chi connectivity index (χ4n) is 1.57. The molecule has 2 aromatic rings. The van der Waals surface area contributed by atoms with Gasteiger partial charge in [0.2, 0.25) is 0 Å². The largest absolute Gasteiger partial charge is 0.392 e. The maximum absolute atomic E-state index is 13.0. The van der Waals surface area contributed by atoms with Crippen molar-refractivity contribution >= 4 is 11.8 Å². The van der Waals surface area contributed by atoms with Gasteiger partial charge in [0, 0.05) is 29.0 Å². The van der Waals surface area contributed by atoms with Crippen LogP contribution in [-0.4, -0.2) is 21.9 Å². The first kappa shape index (κ1) is 13.1. The molecule has 4 heteroatoms. The third-order valence-electron chi connectivity index (χ3n) is 2.41. The average molecular weight is 263 g/mol. The Morgan fingerprint density at radius 1 is 1.22 bits per heavy atom. The van der Waals surface area contributed by atoms with Gasteiger partial charge in [-0.3, -0.25) is 4.98 Å². The van der Waals surface area contributed by atoms with E-state index in [1.54, 1.807) is 12.3 Å². The van der Waals surface area contributed by atoms with Gasteiger partial charge in [-0.2, -0.15) is 0 Å². The quantitative estimate of drug-likeness (QED) is 0.842. The molecule has 0 aliphatic rings. The topological polar surface area (TPSA) is 33.1 Å². The molecule has 1 unspecified atom stereocenters. The van der Waals surface area contributed by atoms with E-state index in [9.17, 15) is 9.50 Å². The van der Waals surface area contributed by atoms with E-state index in [-0.39, 0.29) is 5.82 Å². The van der Waals surface area contributed by atoms with Gasteiger partial charge in [-0.1, -0.05) is 12.1 Å². The van der Waals surface area contributed by atoms with Crippen molar-refractivity contribution in [2.24, 2.45) is 0 Å². The first-order chi connectivity index (χ1) is 8.74. The normalized spacial score (nSPS) is 12.3. The molecule has 94 valence electrons. The number of benzene rings is 1. The molecule has 2 nitrogen and oxygen atoms in total. The van der Waals surface area contributed by atoms with Gasteiger partial charge in [0.15, 0.2) is 0 Å². The minimum Gasteiger partial charge on any atom is -0.392 e. The van der Waals surface area contributed by atoms with Crippen molar-refractivity contribution in [3.8, 4) is 0 Å². The smallest absolute Gasteiger partial charge is 0.124 e. The highest BCUT2D eigenvalue weighted by atomic mass is 32.2. The van der Waals surface area contributed by atoms with Crippen LogP contribution in [0.1, 0.15) is 5.69 Å². The number of aromatic nitrogens is 1. The van der Waals surface area contributed by atoms with Crippen molar-refractivity contribution < 1.29 is 9.50 Å². The van der Waals surface area contributed by atoms with Crippen LogP contribution in [0.5, 0.6) is 0 Å². The van der Waals surface area contributed by atoms with Gasteiger partial charge >= 0.3 is 0 Å². The number of thioether (sulfide) groups is 1. The number of aliphatic hydroxyl groups is 1. The summed E-state index contributed by atoms with van der Waals surface area (Å²) in [6.45, 7) is 0. The Bertz CT molecular complexity index is 492. The number of nitrogens with zero attached hydrogens (tertiary/aromatic N) is 1. The summed E-state index contributed by atoms with van der Waals surface area (Å²) in [6.07, 6.45) is 1.75. The zero-order chi connectivity index (χ0) is 12.8. The Labute approximate surface area is 110 Å². The summed E-state index contributed by atoms with van der Waals surface area (Å²) in [5, 5.41) is 9.88. The van der Waals surface area contributed by atoms with Crippen LogP contribution in [0.4, 0.5) is 4.39 Å². The summed E-state index contributed by atoms with van der Waals surface area (Å²) in [4.78, 5) is 4.99. The molecule has 0 aliphatic heterocycles. The molecule has 0 fully saturated rings. The van der Waals surface area contributed by atoms with Crippen LogP contribution in [0.3, 0.4) is 0 Å². The van der Waals surface area contributed by atoms with E-state index in [0.29, 0.717) is 12.2 Å². The second-order valence-electron chi connectivity index (χ2n) is 3.95. The highest BCUT2D eigenvalue weighted by molar-refractivity contribution is 7.99.